The SMILES string of the molecule is CCC1=NN(c2ccccc2)C(=O)/C1=C(\C#N)c1ccc(N(C)C)cc1. The fourth-order valence-corrected chi connectivity index (χ4v) is 2.88. The van der Waals surface area contributed by atoms with Gasteiger partial charge in [0.1, 0.15) is 6.07 Å². The molecule has 0 atom stereocenters. The molecule has 5 heteroatoms. The van der Waals surface area contributed by atoms with Gasteiger partial charge < -0.3 is 4.90 Å². The number of para-hydroxylation sites is 1. The maximum absolute atomic E-state index is 13.0. The number of carbonyl (C=O) groups excluding carboxylic acids is 1. The van der Waals surface area contributed by atoms with Crippen molar-refractivity contribution in [3.05, 3.63) is 65.7 Å². The van der Waals surface area contributed by atoms with E-state index < -0.39 is 0 Å². The van der Waals surface area contributed by atoms with Gasteiger partial charge in [0.05, 0.1) is 22.5 Å². The summed E-state index contributed by atoms with van der Waals surface area (Å²) >= 11 is 0. The fraction of sp³-hybridized carbons (Fsp3) is 0.190. The van der Waals surface area contributed by atoms with Crippen molar-refractivity contribution in [1.29, 1.82) is 5.26 Å². The quantitative estimate of drug-likeness (QED) is 0.625. The molecule has 0 bridgehead atoms. The molecule has 0 fully saturated rings. The number of allylic oxidation sites excluding steroid dienone is 1. The Hall–Kier alpha value is -3.39. The van der Waals surface area contributed by atoms with Gasteiger partial charge in [0.2, 0.25) is 0 Å². The van der Waals surface area contributed by atoms with Crippen molar-refractivity contribution in [1.82, 2.24) is 0 Å². The van der Waals surface area contributed by atoms with E-state index in [1.165, 1.54) is 5.01 Å². The molecule has 0 saturated carbocycles. The van der Waals surface area contributed by atoms with E-state index >= 15 is 0 Å². The summed E-state index contributed by atoms with van der Waals surface area (Å²) in [6, 6.07) is 19.1. The standard InChI is InChI=1S/C21H20N4O/c1-4-19-20(21(26)25(23-19)17-8-6-5-7-9-17)18(14-22)15-10-12-16(13-11-15)24(2)3/h5-13H,4H2,1-3H3/b20-18+. The third-order valence-electron chi connectivity index (χ3n) is 4.29. The average molecular weight is 344 g/mol. The maximum atomic E-state index is 13.0. The summed E-state index contributed by atoms with van der Waals surface area (Å²) in [6.07, 6.45) is 0.575. The minimum Gasteiger partial charge on any atom is -0.378 e. The summed E-state index contributed by atoms with van der Waals surface area (Å²) < 4.78 is 0. The molecule has 2 aromatic rings. The molecule has 0 saturated heterocycles. The highest BCUT2D eigenvalue weighted by Gasteiger charge is 2.33. The number of benzene rings is 2. The highest BCUT2D eigenvalue weighted by molar-refractivity contribution is 6.35. The number of hydrogen-bond donors (Lipinski definition) is 0. The fourth-order valence-electron chi connectivity index (χ4n) is 2.88. The number of carbonyl (C=O) groups is 1. The zero-order valence-corrected chi connectivity index (χ0v) is 15.1. The molecule has 0 N–H and O–H groups in total. The van der Waals surface area contributed by atoms with E-state index in [9.17, 15) is 10.1 Å². The highest BCUT2D eigenvalue weighted by Crippen LogP contribution is 2.30. The summed E-state index contributed by atoms with van der Waals surface area (Å²) in [5, 5.41) is 15.6. The second-order valence-corrected chi connectivity index (χ2v) is 6.16. The van der Waals surface area contributed by atoms with E-state index in [0.717, 1.165) is 11.3 Å². The number of anilines is 2. The zero-order chi connectivity index (χ0) is 18.7. The molecule has 0 unspecified atom stereocenters. The van der Waals surface area contributed by atoms with E-state index in [2.05, 4.69) is 11.2 Å². The van der Waals surface area contributed by atoms with E-state index in [0.29, 0.717) is 29.0 Å². The predicted octanol–water partition coefficient (Wildman–Crippen LogP) is 3.84. The Morgan fingerprint density at radius 3 is 2.31 bits per heavy atom. The lowest BCUT2D eigenvalue weighted by Crippen LogP contribution is -2.22. The first kappa shape index (κ1) is 17.4. The van der Waals surface area contributed by atoms with Crippen molar-refractivity contribution in [2.24, 2.45) is 5.10 Å². The Bertz CT molecular complexity index is 919. The second-order valence-electron chi connectivity index (χ2n) is 6.16. The summed E-state index contributed by atoms with van der Waals surface area (Å²) in [5.74, 6) is -0.263. The molecule has 0 spiro atoms. The van der Waals surface area contributed by atoms with E-state index in [1.54, 1.807) is 0 Å². The van der Waals surface area contributed by atoms with Crippen LogP contribution in [0.5, 0.6) is 0 Å². The van der Waals surface area contributed by atoms with Crippen molar-refractivity contribution in [3.8, 4) is 6.07 Å². The lowest BCUT2D eigenvalue weighted by Gasteiger charge is -2.13. The van der Waals surface area contributed by atoms with Crippen LogP contribution in [0, 0.1) is 11.3 Å². The Labute approximate surface area is 153 Å². The Kier molecular flexibility index (Phi) is 4.85. The predicted molar refractivity (Wildman–Crippen MR) is 105 cm³/mol. The molecular formula is C21H20N4O. The Morgan fingerprint density at radius 1 is 1.12 bits per heavy atom. The minimum absolute atomic E-state index is 0.263. The van der Waals surface area contributed by atoms with Gasteiger partial charge in [-0.2, -0.15) is 15.4 Å². The molecule has 5 nitrogen and oxygen atoms in total. The van der Waals surface area contributed by atoms with Crippen molar-refractivity contribution in [2.75, 3.05) is 24.0 Å². The van der Waals surface area contributed by atoms with Gasteiger partial charge in [-0.25, -0.2) is 0 Å². The normalized spacial score (nSPS) is 15.5. The Balaban J connectivity index is 2.08. The van der Waals surface area contributed by atoms with Crippen LogP contribution in [0.1, 0.15) is 18.9 Å². The van der Waals surface area contributed by atoms with E-state index in [1.807, 2.05) is 80.5 Å². The lowest BCUT2D eigenvalue weighted by atomic mass is 9.96. The van der Waals surface area contributed by atoms with E-state index in [-0.39, 0.29) is 5.91 Å². The number of hydrazone groups is 1. The van der Waals surface area contributed by atoms with Gasteiger partial charge in [0, 0.05) is 19.8 Å². The largest absolute Gasteiger partial charge is 0.378 e. The van der Waals surface area contributed by atoms with Crippen LogP contribution < -0.4 is 9.91 Å². The number of rotatable bonds is 4. The number of nitrogens with zero attached hydrogens (tertiary/aromatic N) is 4. The molecule has 130 valence electrons. The third-order valence-corrected chi connectivity index (χ3v) is 4.29. The van der Waals surface area contributed by atoms with Crippen LogP contribution in [-0.4, -0.2) is 25.7 Å². The van der Waals surface area contributed by atoms with Gasteiger partial charge in [-0.15, -0.1) is 0 Å². The van der Waals surface area contributed by atoms with Crippen molar-refractivity contribution < 1.29 is 4.79 Å². The molecule has 26 heavy (non-hydrogen) atoms. The van der Waals surface area contributed by atoms with Crippen LogP contribution in [0.3, 0.4) is 0 Å². The van der Waals surface area contributed by atoms with Gasteiger partial charge in [0.15, 0.2) is 0 Å². The Morgan fingerprint density at radius 2 is 1.77 bits per heavy atom. The number of hydrogen-bond acceptors (Lipinski definition) is 4. The van der Waals surface area contributed by atoms with Gasteiger partial charge in [-0.3, -0.25) is 4.79 Å². The minimum atomic E-state index is -0.263. The van der Waals surface area contributed by atoms with Crippen LogP contribution >= 0.6 is 0 Å². The molecule has 0 radical (unpaired) electrons. The van der Waals surface area contributed by atoms with Gasteiger partial charge in [0.25, 0.3) is 5.91 Å². The summed E-state index contributed by atoms with van der Waals surface area (Å²) in [6.45, 7) is 1.94. The lowest BCUT2D eigenvalue weighted by molar-refractivity contribution is -0.114. The van der Waals surface area contributed by atoms with Gasteiger partial charge >= 0.3 is 0 Å². The molecule has 1 aliphatic heterocycles. The van der Waals surface area contributed by atoms with Crippen LogP contribution in [0.15, 0.2) is 65.3 Å². The van der Waals surface area contributed by atoms with Crippen LogP contribution in [-0.2, 0) is 4.79 Å². The molecule has 2 aromatic carbocycles. The smallest absolute Gasteiger partial charge is 0.282 e. The molecule has 3 rings (SSSR count). The molecule has 1 aliphatic rings. The third kappa shape index (κ3) is 3.09. The van der Waals surface area contributed by atoms with Gasteiger partial charge in [-0.1, -0.05) is 37.3 Å². The molecule has 0 aliphatic carbocycles. The number of nitriles is 1. The zero-order valence-electron chi connectivity index (χ0n) is 15.1. The second kappa shape index (κ2) is 7.24. The van der Waals surface area contributed by atoms with E-state index in [4.69, 9.17) is 0 Å². The van der Waals surface area contributed by atoms with Crippen LogP contribution in [0.25, 0.3) is 5.57 Å². The monoisotopic (exact) mass is 344 g/mol. The number of amides is 1. The topological polar surface area (TPSA) is 59.7 Å². The first-order valence-corrected chi connectivity index (χ1v) is 8.46. The summed E-state index contributed by atoms with van der Waals surface area (Å²) in [5.41, 5.74) is 3.82. The summed E-state index contributed by atoms with van der Waals surface area (Å²) in [4.78, 5) is 15.0. The molecular weight excluding hydrogens is 324 g/mol. The molecule has 0 aromatic heterocycles. The molecule has 1 heterocycles. The van der Waals surface area contributed by atoms with Crippen molar-refractivity contribution in [3.63, 3.8) is 0 Å². The van der Waals surface area contributed by atoms with Crippen molar-refractivity contribution in [2.45, 2.75) is 13.3 Å². The van der Waals surface area contributed by atoms with Crippen LogP contribution in [0.4, 0.5) is 11.4 Å². The molecule has 1 amide bonds. The highest BCUT2D eigenvalue weighted by atomic mass is 16.2. The summed E-state index contributed by atoms with van der Waals surface area (Å²) in [7, 11) is 3.91. The van der Waals surface area contributed by atoms with Gasteiger partial charge in [-0.05, 0) is 36.2 Å². The maximum Gasteiger partial charge on any atom is 0.282 e. The van der Waals surface area contributed by atoms with Crippen LogP contribution in [0.2, 0.25) is 0 Å². The van der Waals surface area contributed by atoms with Crippen molar-refractivity contribution >= 4 is 28.6 Å². The first-order valence-electron chi connectivity index (χ1n) is 8.46. The average Bonchev–Trinajstić information content (AvgIpc) is 3.00. The first-order chi connectivity index (χ1) is 12.6.